The van der Waals surface area contributed by atoms with Gasteiger partial charge in [-0.25, -0.2) is 0 Å². The summed E-state index contributed by atoms with van der Waals surface area (Å²) in [6.07, 6.45) is 3.22. The van der Waals surface area contributed by atoms with Gasteiger partial charge in [0.05, 0.1) is 6.61 Å². The van der Waals surface area contributed by atoms with E-state index in [9.17, 15) is 4.79 Å². The zero-order valence-electron chi connectivity index (χ0n) is 14.3. The Hall–Kier alpha value is -2.05. The van der Waals surface area contributed by atoms with Gasteiger partial charge in [0.2, 0.25) is 0 Å². The van der Waals surface area contributed by atoms with E-state index in [-0.39, 0.29) is 5.91 Å². The highest BCUT2D eigenvalue weighted by atomic mass is 35.5. The molecule has 2 heterocycles. The number of ether oxygens (including phenoxy) is 1. The second kappa shape index (κ2) is 8.36. The van der Waals surface area contributed by atoms with Crippen LogP contribution in [0.4, 0.5) is 5.82 Å². The Morgan fingerprint density at radius 2 is 2.00 bits per heavy atom. The van der Waals surface area contributed by atoms with Crippen molar-refractivity contribution < 1.29 is 14.1 Å². The lowest BCUT2D eigenvalue weighted by Gasteiger charge is -2.26. The molecule has 0 saturated carbocycles. The number of anilines is 1. The van der Waals surface area contributed by atoms with Crippen molar-refractivity contribution in [1.82, 2.24) is 10.1 Å². The van der Waals surface area contributed by atoms with E-state index in [1.807, 2.05) is 17.0 Å². The number of nitrogens with zero attached hydrogens (tertiary/aromatic N) is 2. The maximum Gasteiger partial charge on any atom is 0.261 e. The predicted octanol–water partition coefficient (Wildman–Crippen LogP) is 3.68. The Labute approximate surface area is 152 Å². The molecule has 1 N–H and O–H groups in total. The molecule has 6 nitrogen and oxygen atoms in total. The smallest absolute Gasteiger partial charge is 0.261 e. The first-order valence-corrected chi connectivity index (χ1v) is 8.86. The third kappa shape index (κ3) is 4.14. The lowest BCUT2D eigenvalue weighted by Crippen LogP contribution is -2.36. The molecule has 0 spiro atoms. The maximum absolute atomic E-state index is 13.1. The molecule has 3 rings (SSSR count). The van der Waals surface area contributed by atoms with Gasteiger partial charge in [0.1, 0.15) is 5.56 Å². The molecule has 1 aliphatic rings. The Kier molecular flexibility index (Phi) is 5.94. The van der Waals surface area contributed by atoms with Gasteiger partial charge in [0.25, 0.3) is 5.91 Å². The second-order valence-corrected chi connectivity index (χ2v) is 6.45. The Balaban J connectivity index is 1.93. The van der Waals surface area contributed by atoms with Crippen LogP contribution in [-0.4, -0.2) is 49.3 Å². The molecule has 2 aromatic rings. The Morgan fingerprint density at radius 3 is 2.68 bits per heavy atom. The molecule has 7 heteroatoms. The van der Waals surface area contributed by atoms with Crippen LogP contribution >= 0.6 is 11.6 Å². The highest BCUT2D eigenvalue weighted by molar-refractivity contribution is 6.30. The minimum atomic E-state index is -0.0502. The molecule has 0 bridgehead atoms. The van der Waals surface area contributed by atoms with Gasteiger partial charge in [-0.15, -0.1) is 0 Å². The van der Waals surface area contributed by atoms with Crippen molar-refractivity contribution in [3.05, 3.63) is 34.9 Å². The lowest BCUT2D eigenvalue weighted by atomic mass is 10.1. The molecule has 1 aromatic carbocycles. The quantitative estimate of drug-likeness (QED) is 0.793. The van der Waals surface area contributed by atoms with Crippen molar-refractivity contribution in [2.45, 2.75) is 19.3 Å². The van der Waals surface area contributed by atoms with Crippen LogP contribution in [-0.2, 0) is 4.74 Å². The SMILES string of the molecule is COCCNc1noc(-c2ccc(Cl)cc2)c1C(=O)N1CCCCC1. The average Bonchev–Trinajstić information content (AvgIpc) is 3.06. The lowest BCUT2D eigenvalue weighted by molar-refractivity contribution is 0.0725. The van der Waals surface area contributed by atoms with Crippen LogP contribution in [0.1, 0.15) is 29.6 Å². The Morgan fingerprint density at radius 1 is 1.28 bits per heavy atom. The third-order valence-electron chi connectivity index (χ3n) is 4.25. The minimum Gasteiger partial charge on any atom is -0.383 e. The molecule has 1 aliphatic heterocycles. The molecule has 1 aromatic heterocycles. The van der Waals surface area contributed by atoms with Gasteiger partial charge in [-0.2, -0.15) is 0 Å². The zero-order chi connectivity index (χ0) is 17.6. The van der Waals surface area contributed by atoms with E-state index in [0.29, 0.717) is 35.3 Å². The first kappa shape index (κ1) is 17.8. The number of aromatic nitrogens is 1. The van der Waals surface area contributed by atoms with Crippen molar-refractivity contribution in [2.24, 2.45) is 0 Å². The van der Waals surface area contributed by atoms with Crippen LogP contribution in [0.3, 0.4) is 0 Å². The molecule has 0 atom stereocenters. The summed E-state index contributed by atoms with van der Waals surface area (Å²) >= 11 is 5.97. The first-order valence-electron chi connectivity index (χ1n) is 8.48. The summed E-state index contributed by atoms with van der Waals surface area (Å²) < 4.78 is 10.6. The molecular weight excluding hydrogens is 342 g/mol. The van der Waals surface area contributed by atoms with Gasteiger partial charge >= 0.3 is 0 Å². The first-order chi connectivity index (χ1) is 12.2. The second-order valence-electron chi connectivity index (χ2n) is 6.01. The molecule has 25 heavy (non-hydrogen) atoms. The summed E-state index contributed by atoms with van der Waals surface area (Å²) in [6, 6.07) is 7.20. The van der Waals surface area contributed by atoms with E-state index in [2.05, 4.69) is 10.5 Å². The summed E-state index contributed by atoms with van der Waals surface area (Å²) in [5, 5.41) is 7.84. The molecule has 1 saturated heterocycles. The molecular formula is C18H22ClN3O3. The summed E-state index contributed by atoms with van der Waals surface area (Å²) in [5.74, 6) is 0.871. The summed E-state index contributed by atoms with van der Waals surface area (Å²) in [7, 11) is 1.63. The molecule has 1 fully saturated rings. The number of hydrogen-bond acceptors (Lipinski definition) is 5. The predicted molar refractivity (Wildman–Crippen MR) is 97.1 cm³/mol. The summed E-state index contributed by atoms with van der Waals surface area (Å²) in [4.78, 5) is 15.0. The molecule has 134 valence electrons. The molecule has 0 unspecified atom stereocenters. The van der Waals surface area contributed by atoms with Crippen molar-refractivity contribution in [1.29, 1.82) is 0 Å². The van der Waals surface area contributed by atoms with E-state index in [1.165, 1.54) is 0 Å². The van der Waals surface area contributed by atoms with E-state index in [0.717, 1.165) is 37.9 Å². The maximum atomic E-state index is 13.1. The van der Waals surface area contributed by atoms with E-state index >= 15 is 0 Å². The fraction of sp³-hybridized carbons (Fsp3) is 0.444. The van der Waals surface area contributed by atoms with Gasteiger partial charge in [0.15, 0.2) is 11.6 Å². The summed E-state index contributed by atoms with van der Waals surface area (Å²) in [5.41, 5.74) is 1.25. The zero-order valence-corrected chi connectivity index (χ0v) is 15.0. The average molecular weight is 364 g/mol. The third-order valence-corrected chi connectivity index (χ3v) is 4.51. The normalized spacial score (nSPS) is 14.6. The molecule has 1 amide bonds. The number of piperidine rings is 1. The largest absolute Gasteiger partial charge is 0.383 e. The number of methoxy groups -OCH3 is 1. The monoisotopic (exact) mass is 363 g/mol. The fourth-order valence-corrected chi connectivity index (χ4v) is 3.06. The highest BCUT2D eigenvalue weighted by Gasteiger charge is 2.28. The van der Waals surface area contributed by atoms with Crippen molar-refractivity contribution >= 4 is 23.3 Å². The van der Waals surface area contributed by atoms with E-state index in [4.69, 9.17) is 20.9 Å². The minimum absolute atomic E-state index is 0.0502. The molecule has 0 radical (unpaired) electrons. The topological polar surface area (TPSA) is 67.6 Å². The number of benzene rings is 1. The Bertz CT molecular complexity index is 709. The van der Waals surface area contributed by atoms with Crippen molar-refractivity contribution in [3.63, 3.8) is 0 Å². The van der Waals surface area contributed by atoms with Gasteiger partial charge in [-0.05, 0) is 43.5 Å². The fourth-order valence-electron chi connectivity index (χ4n) is 2.93. The van der Waals surface area contributed by atoms with Gasteiger partial charge in [0, 0.05) is 37.3 Å². The van der Waals surface area contributed by atoms with Crippen LogP contribution in [0, 0.1) is 0 Å². The van der Waals surface area contributed by atoms with E-state index in [1.54, 1.807) is 19.2 Å². The number of hydrogen-bond donors (Lipinski definition) is 1. The molecule has 0 aliphatic carbocycles. The van der Waals surface area contributed by atoms with Crippen LogP contribution in [0.15, 0.2) is 28.8 Å². The number of amides is 1. The van der Waals surface area contributed by atoms with Crippen LogP contribution in [0.5, 0.6) is 0 Å². The highest BCUT2D eigenvalue weighted by Crippen LogP contribution is 2.32. The van der Waals surface area contributed by atoms with Gasteiger partial charge < -0.3 is 19.5 Å². The number of halogens is 1. The van der Waals surface area contributed by atoms with Crippen molar-refractivity contribution in [3.8, 4) is 11.3 Å². The van der Waals surface area contributed by atoms with Crippen LogP contribution in [0.25, 0.3) is 11.3 Å². The standard InChI is InChI=1S/C18H22ClN3O3/c1-24-12-9-20-17-15(18(23)22-10-3-2-4-11-22)16(25-21-17)13-5-7-14(19)8-6-13/h5-8H,2-4,9-12H2,1H3,(H,20,21). The number of rotatable bonds is 6. The van der Waals surface area contributed by atoms with E-state index < -0.39 is 0 Å². The van der Waals surface area contributed by atoms with Crippen LogP contribution in [0.2, 0.25) is 5.02 Å². The summed E-state index contributed by atoms with van der Waals surface area (Å²) in [6.45, 7) is 2.59. The number of carbonyl (C=O) groups is 1. The number of carbonyl (C=O) groups excluding carboxylic acids is 1. The van der Waals surface area contributed by atoms with Gasteiger partial charge in [-0.3, -0.25) is 4.79 Å². The van der Waals surface area contributed by atoms with Crippen LogP contribution < -0.4 is 5.32 Å². The van der Waals surface area contributed by atoms with Gasteiger partial charge in [-0.1, -0.05) is 16.8 Å². The van der Waals surface area contributed by atoms with Crippen molar-refractivity contribution in [2.75, 3.05) is 38.7 Å². The number of nitrogens with one attached hydrogen (secondary N) is 1. The number of likely N-dealkylation sites (tertiary alicyclic amines) is 1.